The quantitative estimate of drug-likeness (QED) is 0.523. The summed E-state index contributed by atoms with van der Waals surface area (Å²) in [4.78, 5) is 21.2. The molecule has 1 amide bonds. The van der Waals surface area contributed by atoms with E-state index in [1.165, 1.54) is 12.1 Å². The minimum absolute atomic E-state index is 0.0714. The van der Waals surface area contributed by atoms with E-state index in [0.717, 1.165) is 6.07 Å². The maximum atomic E-state index is 11.3. The van der Waals surface area contributed by atoms with Crippen LogP contribution in [0.25, 0.3) is 0 Å². The first-order valence-electron chi connectivity index (χ1n) is 4.63. The van der Waals surface area contributed by atoms with E-state index in [0.29, 0.717) is 5.33 Å². The summed E-state index contributed by atoms with van der Waals surface area (Å²) in [6.45, 7) is 0. The Morgan fingerprint density at radius 2 is 2.29 bits per heavy atom. The van der Waals surface area contributed by atoms with E-state index in [9.17, 15) is 14.9 Å². The molecule has 0 aliphatic heterocycles. The van der Waals surface area contributed by atoms with Crippen LogP contribution in [0.15, 0.2) is 18.2 Å². The number of hydrogen-bond donors (Lipinski definition) is 1. The zero-order valence-corrected chi connectivity index (χ0v) is 10.2. The Balaban J connectivity index is 2.98. The van der Waals surface area contributed by atoms with Crippen molar-refractivity contribution < 1.29 is 9.72 Å². The SMILES string of the molecule is N#Cc1cc([N+](=O)[O-])ccc1NC(=O)CCBr. The Kier molecular flexibility index (Phi) is 4.60. The molecule has 1 rings (SSSR count). The highest BCUT2D eigenvalue weighted by atomic mass is 79.9. The molecule has 0 saturated heterocycles. The molecule has 1 N–H and O–H groups in total. The third-order valence-electron chi connectivity index (χ3n) is 1.93. The lowest BCUT2D eigenvalue weighted by Crippen LogP contribution is -2.12. The second kappa shape index (κ2) is 5.96. The molecule has 0 aliphatic rings. The number of nitriles is 1. The van der Waals surface area contributed by atoms with Crippen molar-refractivity contribution in [3.8, 4) is 6.07 Å². The van der Waals surface area contributed by atoms with E-state index in [1.807, 2.05) is 6.07 Å². The Hall–Kier alpha value is -1.94. The summed E-state index contributed by atoms with van der Waals surface area (Å²) in [5.41, 5.74) is 0.172. The monoisotopic (exact) mass is 297 g/mol. The fraction of sp³-hybridized carbons (Fsp3) is 0.200. The molecule has 1 aromatic carbocycles. The number of nitro benzene ring substituents is 1. The van der Waals surface area contributed by atoms with Crippen molar-refractivity contribution >= 4 is 33.2 Å². The van der Waals surface area contributed by atoms with Gasteiger partial charge in [-0.05, 0) is 6.07 Å². The van der Waals surface area contributed by atoms with Gasteiger partial charge in [-0.3, -0.25) is 14.9 Å². The van der Waals surface area contributed by atoms with Crippen LogP contribution >= 0.6 is 15.9 Å². The van der Waals surface area contributed by atoms with Crippen LogP contribution in [0.1, 0.15) is 12.0 Å². The Bertz CT molecular complexity index is 496. The molecule has 0 radical (unpaired) electrons. The van der Waals surface area contributed by atoms with Crippen molar-refractivity contribution in [2.45, 2.75) is 6.42 Å². The van der Waals surface area contributed by atoms with Crippen LogP contribution in [0, 0.1) is 21.4 Å². The maximum Gasteiger partial charge on any atom is 0.270 e. The highest BCUT2D eigenvalue weighted by Gasteiger charge is 2.12. The molecular weight excluding hydrogens is 290 g/mol. The minimum Gasteiger partial charge on any atom is -0.325 e. The lowest BCUT2D eigenvalue weighted by molar-refractivity contribution is -0.384. The van der Waals surface area contributed by atoms with Crippen LogP contribution in [0.4, 0.5) is 11.4 Å². The van der Waals surface area contributed by atoms with Gasteiger partial charge in [0.15, 0.2) is 0 Å². The highest BCUT2D eigenvalue weighted by Crippen LogP contribution is 2.21. The van der Waals surface area contributed by atoms with Crippen LogP contribution in [-0.4, -0.2) is 16.2 Å². The normalized spacial score (nSPS) is 9.41. The number of alkyl halides is 1. The number of amides is 1. The molecule has 6 nitrogen and oxygen atoms in total. The van der Waals surface area contributed by atoms with Gasteiger partial charge in [0.1, 0.15) is 6.07 Å². The first-order chi connectivity index (χ1) is 8.08. The van der Waals surface area contributed by atoms with E-state index in [2.05, 4.69) is 21.2 Å². The fourth-order valence-corrected chi connectivity index (χ4v) is 1.51. The number of nitro groups is 1. The number of nitrogens with zero attached hydrogens (tertiary/aromatic N) is 2. The number of carbonyl (C=O) groups excluding carboxylic acids is 1. The summed E-state index contributed by atoms with van der Waals surface area (Å²) in [7, 11) is 0. The summed E-state index contributed by atoms with van der Waals surface area (Å²) in [5.74, 6) is -0.257. The molecule has 17 heavy (non-hydrogen) atoms. The first-order valence-corrected chi connectivity index (χ1v) is 5.75. The molecule has 0 bridgehead atoms. The third kappa shape index (κ3) is 3.53. The molecule has 0 aromatic heterocycles. The minimum atomic E-state index is -0.592. The number of rotatable bonds is 4. The van der Waals surface area contributed by atoms with E-state index in [1.54, 1.807) is 0 Å². The number of nitrogens with one attached hydrogen (secondary N) is 1. The van der Waals surface area contributed by atoms with Gasteiger partial charge in [-0.25, -0.2) is 0 Å². The average Bonchev–Trinajstić information content (AvgIpc) is 2.29. The Labute approximate surface area is 106 Å². The summed E-state index contributed by atoms with van der Waals surface area (Å²) in [6, 6.07) is 5.53. The molecule has 0 spiro atoms. The van der Waals surface area contributed by atoms with Crippen molar-refractivity contribution in [1.82, 2.24) is 0 Å². The summed E-state index contributed by atoms with van der Waals surface area (Å²) < 4.78 is 0. The number of non-ortho nitro benzene ring substituents is 1. The van der Waals surface area contributed by atoms with Crippen molar-refractivity contribution in [2.24, 2.45) is 0 Å². The van der Waals surface area contributed by atoms with Gasteiger partial charge in [0, 0.05) is 23.9 Å². The predicted molar refractivity (Wildman–Crippen MR) is 64.9 cm³/mol. The van der Waals surface area contributed by atoms with E-state index < -0.39 is 4.92 Å². The molecule has 7 heteroatoms. The van der Waals surface area contributed by atoms with E-state index in [-0.39, 0.29) is 29.3 Å². The molecule has 0 fully saturated rings. The smallest absolute Gasteiger partial charge is 0.270 e. The van der Waals surface area contributed by atoms with Crippen LogP contribution in [0.2, 0.25) is 0 Å². The standard InChI is InChI=1S/C10H8BrN3O3/c11-4-3-10(15)13-9-2-1-8(14(16)17)5-7(9)6-12/h1-2,5H,3-4H2,(H,13,15). The number of carbonyl (C=O) groups is 1. The maximum absolute atomic E-state index is 11.3. The van der Waals surface area contributed by atoms with Crippen molar-refractivity contribution in [1.29, 1.82) is 5.26 Å². The van der Waals surface area contributed by atoms with Gasteiger partial charge in [-0.1, -0.05) is 15.9 Å². The second-order valence-electron chi connectivity index (χ2n) is 3.09. The van der Waals surface area contributed by atoms with E-state index >= 15 is 0 Å². The molecule has 0 aliphatic carbocycles. The van der Waals surface area contributed by atoms with Crippen molar-refractivity contribution in [3.63, 3.8) is 0 Å². The first kappa shape index (κ1) is 13.1. The molecule has 0 atom stereocenters. The van der Waals surface area contributed by atoms with Gasteiger partial charge in [-0.2, -0.15) is 5.26 Å². The third-order valence-corrected chi connectivity index (χ3v) is 2.33. The Morgan fingerprint density at radius 3 is 2.82 bits per heavy atom. The summed E-state index contributed by atoms with van der Waals surface area (Å²) >= 11 is 3.11. The van der Waals surface area contributed by atoms with Crippen molar-refractivity contribution in [3.05, 3.63) is 33.9 Å². The number of halogens is 1. The van der Waals surface area contributed by atoms with Crippen LogP contribution in [0.5, 0.6) is 0 Å². The molecular formula is C10H8BrN3O3. The molecule has 0 heterocycles. The average molecular weight is 298 g/mol. The van der Waals surface area contributed by atoms with Crippen LogP contribution < -0.4 is 5.32 Å². The second-order valence-corrected chi connectivity index (χ2v) is 3.88. The topological polar surface area (TPSA) is 96.0 Å². The fourth-order valence-electron chi connectivity index (χ4n) is 1.15. The highest BCUT2D eigenvalue weighted by molar-refractivity contribution is 9.09. The van der Waals surface area contributed by atoms with Crippen LogP contribution in [-0.2, 0) is 4.79 Å². The number of hydrogen-bond acceptors (Lipinski definition) is 4. The lowest BCUT2D eigenvalue weighted by atomic mass is 10.1. The summed E-state index contributed by atoms with van der Waals surface area (Å²) in [6.07, 6.45) is 0.266. The van der Waals surface area contributed by atoms with E-state index in [4.69, 9.17) is 5.26 Å². The zero-order chi connectivity index (χ0) is 12.8. The Morgan fingerprint density at radius 1 is 1.59 bits per heavy atom. The summed E-state index contributed by atoms with van der Waals surface area (Å²) in [5, 5.41) is 22.4. The van der Waals surface area contributed by atoms with Gasteiger partial charge in [0.2, 0.25) is 5.91 Å². The van der Waals surface area contributed by atoms with Gasteiger partial charge >= 0.3 is 0 Å². The predicted octanol–water partition coefficient (Wildman–Crippen LogP) is 2.19. The molecule has 0 saturated carbocycles. The number of anilines is 1. The number of benzene rings is 1. The zero-order valence-electron chi connectivity index (χ0n) is 8.64. The molecule has 88 valence electrons. The van der Waals surface area contributed by atoms with Gasteiger partial charge in [0.05, 0.1) is 16.2 Å². The van der Waals surface area contributed by atoms with Crippen LogP contribution in [0.3, 0.4) is 0 Å². The largest absolute Gasteiger partial charge is 0.325 e. The van der Waals surface area contributed by atoms with Crippen molar-refractivity contribution in [2.75, 3.05) is 10.6 Å². The van der Waals surface area contributed by atoms with Gasteiger partial charge < -0.3 is 5.32 Å². The molecule has 1 aromatic rings. The lowest BCUT2D eigenvalue weighted by Gasteiger charge is -2.05. The van der Waals surface area contributed by atoms with Gasteiger partial charge in [0.25, 0.3) is 5.69 Å². The van der Waals surface area contributed by atoms with Gasteiger partial charge in [-0.15, -0.1) is 0 Å². The molecule has 0 unspecified atom stereocenters.